The van der Waals surface area contributed by atoms with E-state index in [9.17, 15) is 22.8 Å². The summed E-state index contributed by atoms with van der Waals surface area (Å²) in [4.78, 5) is 40.4. The summed E-state index contributed by atoms with van der Waals surface area (Å²) in [6, 6.07) is 14.0. The first-order valence-electron chi connectivity index (χ1n) is 17.1. The molecule has 3 heterocycles. The third kappa shape index (κ3) is 8.57. The van der Waals surface area contributed by atoms with Gasteiger partial charge in [-0.15, -0.1) is 0 Å². The van der Waals surface area contributed by atoms with Crippen molar-refractivity contribution < 1.29 is 27.2 Å². The minimum absolute atomic E-state index is 0.0104. The van der Waals surface area contributed by atoms with Gasteiger partial charge in [0.1, 0.15) is 11.5 Å². The normalized spacial score (nSPS) is 20.2. The van der Waals surface area contributed by atoms with Crippen LogP contribution in [0.25, 0.3) is 22.4 Å². The number of nitrogens with one attached hydrogen (secondary N) is 1. The van der Waals surface area contributed by atoms with Crippen LogP contribution in [0.15, 0.2) is 53.5 Å². The van der Waals surface area contributed by atoms with Crippen LogP contribution in [-0.4, -0.2) is 75.7 Å². The molecule has 8 nitrogen and oxygen atoms in total. The predicted octanol–water partition coefficient (Wildman–Crippen LogP) is 7.17. The summed E-state index contributed by atoms with van der Waals surface area (Å²) in [6.45, 7) is 8.82. The first-order valence-corrected chi connectivity index (χ1v) is 17.1. The largest absolute Gasteiger partial charge is 0.393 e. The molecule has 2 aliphatic rings. The van der Waals surface area contributed by atoms with Gasteiger partial charge in [0.2, 0.25) is 17.8 Å². The van der Waals surface area contributed by atoms with E-state index < -0.39 is 36.5 Å². The van der Waals surface area contributed by atoms with Crippen molar-refractivity contribution in [3.05, 3.63) is 65.9 Å². The molecule has 264 valence electrons. The molecule has 0 aliphatic carbocycles. The second kappa shape index (κ2) is 15.2. The average molecular weight is 683 g/mol. The maximum atomic E-state index is 15.2. The fourth-order valence-corrected chi connectivity index (χ4v) is 6.78. The first kappa shape index (κ1) is 36.2. The molecule has 1 aromatic heterocycles. The van der Waals surface area contributed by atoms with Crippen molar-refractivity contribution in [2.24, 2.45) is 28.5 Å². The minimum atomic E-state index is -4.47. The molecule has 2 aromatic carbocycles. The van der Waals surface area contributed by atoms with Crippen LogP contribution in [0, 0.1) is 23.7 Å². The van der Waals surface area contributed by atoms with Gasteiger partial charge in [0, 0.05) is 38.0 Å². The number of benzene rings is 2. The van der Waals surface area contributed by atoms with Gasteiger partial charge in [-0.1, -0.05) is 76.2 Å². The number of nitrogens with zero attached hydrogens (tertiary/aromatic N) is 4. The van der Waals surface area contributed by atoms with Crippen molar-refractivity contribution in [3.8, 4) is 22.4 Å². The molecule has 2 saturated heterocycles. The van der Waals surface area contributed by atoms with E-state index in [-0.39, 0.29) is 48.8 Å². The van der Waals surface area contributed by atoms with Crippen molar-refractivity contribution in [2.45, 2.75) is 78.1 Å². The lowest BCUT2D eigenvalue weighted by Crippen LogP contribution is -2.38. The van der Waals surface area contributed by atoms with Crippen molar-refractivity contribution in [1.82, 2.24) is 19.8 Å². The fraction of sp³-hybridized carbons (Fsp3) is 0.514. The van der Waals surface area contributed by atoms with E-state index in [1.54, 1.807) is 12.1 Å². The number of rotatable bonds is 11. The molecule has 0 saturated carbocycles. The molecule has 3 unspecified atom stereocenters. The molecule has 3 atom stereocenters. The Morgan fingerprint density at radius 2 is 1.51 bits per heavy atom. The number of carbonyl (C=O) groups excluding carboxylic acids is 2. The highest BCUT2D eigenvalue weighted by Gasteiger charge is 2.50. The summed E-state index contributed by atoms with van der Waals surface area (Å²) in [5.41, 5.74) is 9.96. The topological polar surface area (TPSA) is 108 Å². The fourth-order valence-electron chi connectivity index (χ4n) is 6.78. The molecule has 12 heteroatoms. The Bertz CT molecular complexity index is 1630. The second-order valence-electron chi connectivity index (χ2n) is 14.0. The lowest BCUT2D eigenvalue weighted by molar-refractivity contribution is -0.171. The number of alkyl halides is 3. The smallest absolute Gasteiger partial charge is 0.338 e. The summed E-state index contributed by atoms with van der Waals surface area (Å²) in [7, 11) is 0. The zero-order valence-corrected chi connectivity index (χ0v) is 28.6. The van der Waals surface area contributed by atoms with Crippen molar-refractivity contribution in [1.29, 1.82) is 0 Å². The van der Waals surface area contributed by atoms with Crippen LogP contribution in [0.1, 0.15) is 77.2 Å². The number of H-pyrrole nitrogens is 1. The van der Waals surface area contributed by atoms with Gasteiger partial charge in [0.05, 0.1) is 30.3 Å². The number of nitrogens with two attached hydrogens (primary N) is 1. The van der Waals surface area contributed by atoms with Gasteiger partial charge in [-0.2, -0.15) is 17.6 Å². The third-order valence-corrected chi connectivity index (χ3v) is 9.34. The summed E-state index contributed by atoms with van der Waals surface area (Å²) in [5, 5.41) is 0. The Morgan fingerprint density at radius 3 is 2.08 bits per heavy atom. The van der Waals surface area contributed by atoms with E-state index >= 15 is 4.39 Å². The lowest BCUT2D eigenvalue weighted by Gasteiger charge is -2.24. The molecule has 2 fully saturated rings. The molecule has 0 spiro atoms. The quantitative estimate of drug-likeness (QED) is 0.165. The number of hydrogen-bond acceptors (Lipinski definition) is 5. The predicted molar refractivity (Wildman–Crippen MR) is 182 cm³/mol. The number of aromatic nitrogens is 2. The van der Waals surface area contributed by atoms with Gasteiger partial charge in [0.15, 0.2) is 0 Å². The zero-order valence-electron chi connectivity index (χ0n) is 28.6. The number of hydrogen-bond donors (Lipinski definition) is 2. The van der Waals surface area contributed by atoms with Crippen molar-refractivity contribution in [3.63, 3.8) is 0 Å². The van der Waals surface area contributed by atoms with Crippen molar-refractivity contribution >= 4 is 17.5 Å². The van der Waals surface area contributed by atoms with Crippen LogP contribution < -0.4 is 5.73 Å². The molecule has 49 heavy (non-hydrogen) atoms. The van der Waals surface area contributed by atoms with Gasteiger partial charge in [-0.25, -0.2) is 4.98 Å². The Morgan fingerprint density at radius 1 is 0.939 bits per heavy atom. The van der Waals surface area contributed by atoms with Crippen LogP contribution in [-0.2, 0) is 9.59 Å². The summed E-state index contributed by atoms with van der Waals surface area (Å²) in [5.74, 6) is -2.41. The Kier molecular flexibility index (Phi) is 11.3. The Balaban J connectivity index is 1.28. The average Bonchev–Trinajstić information content (AvgIpc) is 3.80. The van der Waals surface area contributed by atoms with E-state index in [0.717, 1.165) is 41.8 Å². The van der Waals surface area contributed by atoms with Crippen molar-refractivity contribution in [2.75, 3.05) is 26.2 Å². The molecule has 5 rings (SSSR count). The molecular formula is C37H46F4N6O2. The van der Waals surface area contributed by atoms with Crippen LogP contribution in [0.5, 0.6) is 0 Å². The van der Waals surface area contributed by atoms with E-state index in [4.69, 9.17) is 10.7 Å². The number of aliphatic imine (C=N–C) groups is 1. The number of imidazole rings is 1. The summed E-state index contributed by atoms with van der Waals surface area (Å²) in [6.07, 6.45) is -2.31. The molecule has 0 radical (unpaired) electrons. The van der Waals surface area contributed by atoms with Crippen LogP contribution in [0.2, 0.25) is 0 Å². The number of likely N-dealkylation sites (tertiary alicyclic amines) is 2. The molecular weight excluding hydrogens is 636 g/mol. The van der Waals surface area contributed by atoms with Crippen LogP contribution >= 0.6 is 0 Å². The van der Waals surface area contributed by atoms with Crippen LogP contribution in [0.3, 0.4) is 0 Å². The highest BCUT2D eigenvalue weighted by molar-refractivity contribution is 6.02. The minimum Gasteiger partial charge on any atom is -0.338 e. The molecule has 0 bridgehead atoms. The number of aromatic amines is 1. The SMILES string of the molecule is CC(C)CC(=O)N1CCCC1CN=C(CN)c1ccc(-c2ccc(-c3nc(C4CC(C(F)(F)F)CN4C(=O)CC(C)C)[nH]c3F)cc2)cc1. The van der Waals surface area contributed by atoms with Gasteiger partial charge < -0.3 is 20.5 Å². The number of halogens is 4. The molecule has 2 aliphatic heterocycles. The van der Waals surface area contributed by atoms with Gasteiger partial charge in [-0.05, 0) is 47.8 Å². The van der Waals surface area contributed by atoms with Crippen LogP contribution in [0.4, 0.5) is 17.6 Å². The molecule has 3 aromatic rings. The Labute approximate surface area is 285 Å². The number of carbonyl (C=O) groups is 2. The van der Waals surface area contributed by atoms with Gasteiger partial charge >= 0.3 is 6.18 Å². The third-order valence-electron chi connectivity index (χ3n) is 9.34. The van der Waals surface area contributed by atoms with Gasteiger partial charge in [0.25, 0.3) is 0 Å². The standard InChI is InChI=1S/C37H46F4N6O2/c1-22(2)16-32(48)46-15-5-6-29(46)20-43-30(19-42)26-11-7-24(8-12-26)25-9-13-27(14-10-25)34-35(38)45-36(44-34)31-18-28(37(39,40)41)21-47(31)33(49)17-23(3)4/h7-14,22-23,28-29,31H,5-6,15-21,42H2,1-4H3,(H,44,45). The van der Waals surface area contributed by atoms with E-state index in [2.05, 4.69) is 9.97 Å². The zero-order chi connectivity index (χ0) is 35.5. The second-order valence-corrected chi connectivity index (χ2v) is 14.0. The van der Waals surface area contributed by atoms with Gasteiger partial charge in [-0.3, -0.25) is 14.6 Å². The monoisotopic (exact) mass is 682 g/mol. The maximum Gasteiger partial charge on any atom is 0.393 e. The number of amides is 2. The maximum absolute atomic E-state index is 15.2. The highest BCUT2D eigenvalue weighted by atomic mass is 19.4. The molecule has 2 amide bonds. The van der Waals surface area contributed by atoms with E-state index in [1.165, 1.54) is 4.90 Å². The molecule has 3 N–H and O–H groups in total. The summed E-state index contributed by atoms with van der Waals surface area (Å²) >= 11 is 0. The first-order chi connectivity index (χ1) is 23.2. The van der Waals surface area contributed by atoms with E-state index in [1.807, 2.05) is 69.0 Å². The highest BCUT2D eigenvalue weighted by Crippen LogP contribution is 2.43. The lowest BCUT2D eigenvalue weighted by atomic mass is 10.0. The Hall–Kier alpha value is -4.06. The summed E-state index contributed by atoms with van der Waals surface area (Å²) < 4.78 is 56.1. The van der Waals surface area contributed by atoms with E-state index in [0.29, 0.717) is 24.4 Å².